The Hall–Kier alpha value is -3.74. The molecule has 0 amide bonds. The molecule has 5 aromatic rings. The van der Waals surface area contributed by atoms with Crippen molar-refractivity contribution in [2.75, 3.05) is 0 Å². The molecule has 7 nitrogen and oxygen atoms in total. The van der Waals surface area contributed by atoms with Crippen LogP contribution in [0.3, 0.4) is 0 Å². The molecule has 1 N–H and O–H groups in total. The zero-order chi connectivity index (χ0) is 17.7. The molecule has 0 fully saturated rings. The number of fused-ring (bicyclic) bond motifs is 3. The van der Waals surface area contributed by atoms with Crippen LogP contribution in [0.4, 0.5) is 0 Å². The standard InChI is InChI=1S/C19H14N6O/c1-24-15-5-3-2-4-14(15)18-16(24)10-11-17(26)25(18)13-8-6-12(7-9-13)19-20-22-23-21-19/h2-11H,1H3,(H,20,21,22,23). The van der Waals surface area contributed by atoms with Gasteiger partial charge in [0.15, 0.2) is 5.82 Å². The van der Waals surface area contributed by atoms with Crippen molar-refractivity contribution in [1.82, 2.24) is 29.8 Å². The average molecular weight is 342 g/mol. The molecule has 0 atom stereocenters. The average Bonchev–Trinajstić information content (AvgIpc) is 3.30. The first-order valence-electron chi connectivity index (χ1n) is 8.18. The highest BCUT2D eigenvalue weighted by Crippen LogP contribution is 2.28. The number of aryl methyl sites for hydroxylation is 1. The monoisotopic (exact) mass is 342 g/mol. The molecule has 126 valence electrons. The fourth-order valence-corrected chi connectivity index (χ4v) is 3.46. The fraction of sp³-hybridized carbons (Fsp3) is 0.0526. The molecule has 0 aliphatic heterocycles. The summed E-state index contributed by atoms with van der Waals surface area (Å²) in [6, 6.07) is 19.2. The number of benzene rings is 2. The summed E-state index contributed by atoms with van der Waals surface area (Å²) in [5.41, 5.74) is 4.60. The summed E-state index contributed by atoms with van der Waals surface area (Å²) in [5.74, 6) is 0.590. The van der Waals surface area contributed by atoms with Gasteiger partial charge in [0.1, 0.15) is 0 Å². The molecule has 5 rings (SSSR count). The summed E-state index contributed by atoms with van der Waals surface area (Å²) in [7, 11) is 2.01. The van der Waals surface area contributed by atoms with E-state index in [2.05, 4.69) is 31.3 Å². The van der Waals surface area contributed by atoms with E-state index in [1.54, 1.807) is 10.6 Å². The van der Waals surface area contributed by atoms with Gasteiger partial charge < -0.3 is 4.57 Å². The second-order valence-corrected chi connectivity index (χ2v) is 6.11. The van der Waals surface area contributed by atoms with Crippen molar-refractivity contribution in [3.63, 3.8) is 0 Å². The van der Waals surface area contributed by atoms with Gasteiger partial charge in [-0.2, -0.15) is 0 Å². The van der Waals surface area contributed by atoms with Gasteiger partial charge in [-0.1, -0.05) is 18.2 Å². The van der Waals surface area contributed by atoms with Crippen molar-refractivity contribution in [3.8, 4) is 17.1 Å². The number of rotatable bonds is 2. The Morgan fingerprint density at radius 2 is 1.73 bits per heavy atom. The molecular weight excluding hydrogens is 328 g/mol. The Kier molecular flexibility index (Phi) is 3.02. The van der Waals surface area contributed by atoms with Crippen LogP contribution in [0.5, 0.6) is 0 Å². The predicted octanol–water partition coefficient (Wildman–Crippen LogP) is 2.66. The molecule has 3 heterocycles. The molecule has 0 spiro atoms. The van der Waals surface area contributed by atoms with Crippen LogP contribution in [0.1, 0.15) is 0 Å². The van der Waals surface area contributed by atoms with Crippen LogP contribution in [0.25, 0.3) is 39.0 Å². The summed E-state index contributed by atoms with van der Waals surface area (Å²) >= 11 is 0. The smallest absolute Gasteiger partial charge is 0.255 e. The lowest BCUT2D eigenvalue weighted by atomic mass is 10.1. The van der Waals surface area contributed by atoms with Crippen LogP contribution < -0.4 is 5.56 Å². The van der Waals surface area contributed by atoms with Gasteiger partial charge in [-0.3, -0.25) is 9.36 Å². The third-order valence-electron chi connectivity index (χ3n) is 4.70. The van der Waals surface area contributed by atoms with Crippen LogP contribution in [0, 0.1) is 0 Å². The molecule has 3 aromatic heterocycles. The van der Waals surface area contributed by atoms with Crippen LogP contribution >= 0.6 is 0 Å². The van der Waals surface area contributed by atoms with Crippen molar-refractivity contribution in [2.45, 2.75) is 0 Å². The van der Waals surface area contributed by atoms with E-state index in [1.165, 1.54) is 0 Å². The van der Waals surface area contributed by atoms with Gasteiger partial charge >= 0.3 is 0 Å². The lowest BCUT2D eigenvalue weighted by Gasteiger charge is -2.09. The minimum atomic E-state index is -0.0667. The maximum Gasteiger partial charge on any atom is 0.255 e. The largest absolute Gasteiger partial charge is 0.342 e. The van der Waals surface area contributed by atoms with Crippen LogP contribution in [0.15, 0.2) is 65.5 Å². The van der Waals surface area contributed by atoms with Gasteiger partial charge in [-0.25, -0.2) is 5.10 Å². The minimum Gasteiger partial charge on any atom is -0.342 e. The molecule has 0 saturated carbocycles. The molecule has 0 bridgehead atoms. The summed E-state index contributed by atoms with van der Waals surface area (Å²) < 4.78 is 3.86. The van der Waals surface area contributed by atoms with Gasteiger partial charge in [0.25, 0.3) is 5.56 Å². The molecule has 0 radical (unpaired) electrons. The third-order valence-corrected chi connectivity index (χ3v) is 4.70. The Morgan fingerprint density at radius 3 is 2.50 bits per heavy atom. The van der Waals surface area contributed by atoms with Gasteiger partial charge in [0, 0.05) is 29.8 Å². The highest BCUT2D eigenvalue weighted by atomic mass is 16.1. The molecular formula is C19H14N6O. The topological polar surface area (TPSA) is 81.4 Å². The van der Waals surface area contributed by atoms with Crippen molar-refractivity contribution in [3.05, 3.63) is 71.0 Å². The summed E-state index contributed by atoms with van der Waals surface area (Å²) in [5, 5.41) is 14.9. The van der Waals surface area contributed by atoms with E-state index in [9.17, 15) is 4.79 Å². The van der Waals surface area contributed by atoms with Crippen LogP contribution in [-0.4, -0.2) is 29.8 Å². The van der Waals surface area contributed by atoms with E-state index in [4.69, 9.17) is 0 Å². The maximum absolute atomic E-state index is 12.7. The van der Waals surface area contributed by atoms with E-state index in [-0.39, 0.29) is 5.56 Å². The van der Waals surface area contributed by atoms with Crippen LogP contribution in [0.2, 0.25) is 0 Å². The first-order valence-corrected chi connectivity index (χ1v) is 8.18. The Balaban J connectivity index is 1.80. The molecule has 0 aliphatic carbocycles. The number of H-pyrrole nitrogens is 1. The Labute approximate surface area is 147 Å². The van der Waals surface area contributed by atoms with Crippen molar-refractivity contribution in [2.24, 2.45) is 7.05 Å². The summed E-state index contributed by atoms with van der Waals surface area (Å²) in [6.07, 6.45) is 0. The SMILES string of the molecule is Cn1c2ccccc2c2c1ccc(=O)n2-c1ccc(-c2nnn[nH]2)cc1. The number of nitrogens with one attached hydrogen (secondary N) is 1. The zero-order valence-electron chi connectivity index (χ0n) is 13.9. The third kappa shape index (κ3) is 2.00. The molecule has 26 heavy (non-hydrogen) atoms. The van der Waals surface area contributed by atoms with E-state index in [1.807, 2.05) is 55.6 Å². The lowest BCUT2D eigenvalue weighted by molar-refractivity contribution is 0.881. The van der Waals surface area contributed by atoms with E-state index in [0.717, 1.165) is 33.2 Å². The number of tetrazole rings is 1. The number of aromatic amines is 1. The quantitative estimate of drug-likeness (QED) is 0.535. The van der Waals surface area contributed by atoms with Gasteiger partial charge in [-0.05, 0) is 46.8 Å². The van der Waals surface area contributed by atoms with Crippen LogP contribution in [-0.2, 0) is 7.05 Å². The molecule has 7 heteroatoms. The van der Waals surface area contributed by atoms with Gasteiger partial charge in [-0.15, -0.1) is 5.10 Å². The molecule has 0 saturated heterocycles. The first-order chi connectivity index (χ1) is 12.7. The maximum atomic E-state index is 12.7. The first kappa shape index (κ1) is 14.6. The number of hydrogen-bond acceptors (Lipinski definition) is 4. The van der Waals surface area contributed by atoms with Crippen molar-refractivity contribution >= 4 is 21.9 Å². The van der Waals surface area contributed by atoms with Crippen molar-refractivity contribution < 1.29 is 0 Å². The van der Waals surface area contributed by atoms with Gasteiger partial charge in [0.05, 0.1) is 16.6 Å². The normalized spacial score (nSPS) is 11.4. The highest BCUT2D eigenvalue weighted by Gasteiger charge is 2.14. The number of pyridine rings is 1. The number of hydrogen-bond donors (Lipinski definition) is 1. The van der Waals surface area contributed by atoms with E-state index >= 15 is 0 Å². The van der Waals surface area contributed by atoms with E-state index < -0.39 is 0 Å². The number of aromatic nitrogens is 6. The fourth-order valence-electron chi connectivity index (χ4n) is 3.46. The number of nitrogens with zero attached hydrogens (tertiary/aromatic N) is 5. The predicted molar refractivity (Wildman–Crippen MR) is 99.2 cm³/mol. The summed E-state index contributed by atoms with van der Waals surface area (Å²) in [4.78, 5) is 12.7. The second kappa shape index (κ2) is 5.38. The van der Waals surface area contributed by atoms with E-state index in [0.29, 0.717) is 5.82 Å². The zero-order valence-corrected chi connectivity index (χ0v) is 13.9. The summed E-state index contributed by atoms with van der Waals surface area (Å²) in [6.45, 7) is 0. The molecule has 2 aromatic carbocycles. The Bertz CT molecular complexity index is 1300. The highest BCUT2D eigenvalue weighted by molar-refractivity contribution is 6.06. The second-order valence-electron chi connectivity index (χ2n) is 6.11. The Morgan fingerprint density at radius 1 is 0.923 bits per heavy atom. The van der Waals surface area contributed by atoms with Crippen molar-refractivity contribution in [1.29, 1.82) is 0 Å². The molecule has 0 unspecified atom stereocenters. The lowest BCUT2D eigenvalue weighted by Crippen LogP contribution is -2.17. The molecule has 0 aliphatic rings. The minimum absolute atomic E-state index is 0.0667. The van der Waals surface area contributed by atoms with Gasteiger partial charge in [0.2, 0.25) is 0 Å². The number of para-hydroxylation sites is 1.